The zero-order valence-corrected chi connectivity index (χ0v) is 17.3. The molecule has 31 heavy (non-hydrogen) atoms. The zero-order chi connectivity index (χ0) is 21.6. The Hall–Kier alpha value is -3.74. The Morgan fingerprint density at radius 3 is 2.35 bits per heavy atom. The van der Waals surface area contributed by atoms with Gasteiger partial charge >= 0.3 is 5.97 Å². The van der Waals surface area contributed by atoms with E-state index in [4.69, 9.17) is 4.74 Å². The monoisotopic (exact) mass is 416 g/mol. The van der Waals surface area contributed by atoms with Gasteiger partial charge in [0.05, 0.1) is 0 Å². The molecule has 1 fully saturated rings. The van der Waals surface area contributed by atoms with Gasteiger partial charge in [0.1, 0.15) is 0 Å². The molecule has 1 atom stereocenters. The number of esters is 1. The molecule has 158 valence electrons. The molecular weight excluding hydrogens is 392 g/mol. The summed E-state index contributed by atoms with van der Waals surface area (Å²) in [5.74, 6) is -0.352. The van der Waals surface area contributed by atoms with Crippen LogP contribution in [0.5, 0.6) is 0 Å². The lowest BCUT2D eigenvalue weighted by Gasteiger charge is -2.16. The first-order valence-electron chi connectivity index (χ1n) is 10.4. The van der Waals surface area contributed by atoms with E-state index in [0.717, 1.165) is 42.9 Å². The highest BCUT2D eigenvalue weighted by Crippen LogP contribution is 2.27. The van der Waals surface area contributed by atoms with Crippen LogP contribution in [-0.2, 0) is 9.53 Å². The minimum absolute atomic E-state index is 0.0762. The number of hydrogen-bond acceptors (Lipinski definition) is 6. The molecule has 2 aromatic carbocycles. The first-order chi connectivity index (χ1) is 15.1. The van der Waals surface area contributed by atoms with E-state index >= 15 is 0 Å². The molecule has 0 bridgehead atoms. The van der Waals surface area contributed by atoms with Gasteiger partial charge < -0.3 is 15.0 Å². The predicted molar refractivity (Wildman–Crippen MR) is 119 cm³/mol. The lowest BCUT2D eigenvalue weighted by molar-refractivity contribution is -0.123. The summed E-state index contributed by atoms with van der Waals surface area (Å²) in [7, 11) is 0. The normalized spacial score (nSPS) is 14.2. The van der Waals surface area contributed by atoms with Crippen LogP contribution in [-0.4, -0.2) is 41.3 Å². The first kappa shape index (κ1) is 20.5. The van der Waals surface area contributed by atoms with Gasteiger partial charge in [0.2, 0.25) is 0 Å². The van der Waals surface area contributed by atoms with Gasteiger partial charge in [0.25, 0.3) is 5.91 Å². The maximum atomic E-state index is 12.7. The third-order valence-electron chi connectivity index (χ3n) is 5.21. The molecule has 1 N–H and O–H groups in total. The van der Waals surface area contributed by atoms with Crippen molar-refractivity contribution in [3.05, 3.63) is 72.4 Å². The highest BCUT2D eigenvalue weighted by Gasteiger charge is 2.22. The molecular formula is C24H24N4O3. The first-order valence-corrected chi connectivity index (χ1v) is 10.4. The molecule has 7 heteroatoms. The number of ether oxygens (including phenoxy) is 1. The standard InChI is InChI=1S/C24H24N4O3/c1-17(31-24(30)21-13-14-22(27-26-21)28-15-7-8-16-28)23(29)25-20-12-6-5-11-19(20)18-9-3-2-4-10-18/h2-6,9-14,17H,7-8,15-16H2,1H3,(H,25,29). The van der Waals surface area contributed by atoms with Crippen LogP contribution >= 0.6 is 0 Å². The van der Waals surface area contributed by atoms with E-state index in [1.54, 1.807) is 12.1 Å². The Morgan fingerprint density at radius 2 is 1.65 bits per heavy atom. The van der Waals surface area contributed by atoms with E-state index < -0.39 is 18.0 Å². The van der Waals surface area contributed by atoms with Crippen molar-refractivity contribution in [2.45, 2.75) is 25.9 Å². The van der Waals surface area contributed by atoms with Crippen LogP contribution in [0.4, 0.5) is 11.5 Å². The Labute approximate surface area is 181 Å². The van der Waals surface area contributed by atoms with E-state index in [0.29, 0.717) is 5.69 Å². The second-order valence-electron chi connectivity index (χ2n) is 7.42. The van der Waals surface area contributed by atoms with Gasteiger partial charge in [-0.3, -0.25) is 4.79 Å². The van der Waals surface area contributed by atoms with Gasteiger partial charge in [-0.25, -0.2) is 4.79 Å². The number of para-hydroxylation sites is 1. The summed E-state index contributed by atoms with van der Waals surface area (Å²) in [4.78, 5) is 27.2. The van der Waals surface area contributed by atoms with Crippen molar-refractivity contribution in [2.24, 2.45) is 0 Å². The minimum atomic E-state index is -0.989. The minimum Gasteiger partial charge on any atom is -0.448 e. The second-order valence-corrected chi connectivity index (χ2v) is 7.42. The van der Waals surface area contributed by atoms with E-state index in [1.807, 2.05) is 54.6 Å². The predicted octanol–water partition coefficient (Wildman–Crippen LogP) is 3.93. The van der Waals surface area contributed by atoms with Crippen LogP contribution in [0.25, 0.3) is 11.1 Å². The second kappa shape index (κ2) is 9.38. The summed E-state index contributed by atoms with van der Waals surface area (Å²) < 4.78 is 5.31. The fraction of sp³-hybridized carbons (Fsp3) is 0.250. The molecule has 0 radical (unpaired) electrons. The maximum absolute atomic E-state index is 12.7. The van der Waals surface area contributed by atoms with Crippen molar-refractivity contribution in [3.8, 4) is 11.1 Å². The molecule has 1 amide bonds. The van der Waals surface area contributed by atoms with Gasteiger partial charge in [-0.15, -0.1) is 10.2 Å². The fourth-order valence-electron chi connectivity index (χ4n) is 3.52. The largest absolute Gasteiger partial charge is 0.448 e. The van der Waals surface area contributed by atoms with Crippen LogP contribution in [0.1, 0.15) is 30.3 Å². The Balaban J connectivity index is 1.39. The number of amides is 1. The van der Waals surface area contributed by atoms with Crippen LogP contribution in [0.15, 0.2) is 66.7 Å². The lowest BCUT2D eigenvalue weighted by atomic mass is 10.0. The zero-order valence-electron chi connectivity index (χ0n) is 17.3. The molecule has 0 saturated carbocycles. The smallest absolute Gasteiger partial charge is 0.359 e. The molecule has 0 spiro atoms. The average Bonchev–Trinajstić information content (AvgIpc) is 3.35. The van der Waals surface area contributed by atoms with Gasteiger partial charge in [0, 0.05) is 24.3 Å². The fourth-order valence-corrected chi connectivity index (χ4v) is 3.52. The van der Waals surface area contributed by atoms with Crippen LogP contribution in [0.2, 0.25) is 0 Å². The highest BCUT2D eigenvalue weighted by molar-refractivity contribution is 5.99. The molecule has 3 aromatic rings. The van der Waals surface area contributed by atoms with E-state index in [9.17, 15) is 9.59 Å². The number of aromatic nitrogens is 2. The number of carbonyl (C=O) groups is 2. The topological polar surface area (TPSA) is 84.4 Å². The van der Waals surface area contributed by atoms with Crippen LogP contribution in [0.3, 0.4) is 0 Å². The molecule has 1 aliphatic heterocycles. The number of carbonyl (C=O) groups excluding carboxylic acids is 2. The van der Waals surface area contributed by atoms with Crippen molar-refractivity contribution in [1.29, 1.82) is 0 Å². The molecule has 1 aromatic heterocycles. The van der Waals surface area contributed by atoms with Crippen molar-refractivity contribution >= 4 is 23.4 Å². The summed E-state index contributed by atoms with van der Waals surface area (Å²) in [5.41, 5.74) is 2.60. The summed E-state index contributed by atoms with van der Waals surface area (Å²) in [6, 6.07) is 20.6. The van der Waals surface area contributed by atoms with Crippen molar-refractivity contribution in [3.63, 3.8) is 0 Å². The Morgan fingerprint density at radius 1 is 0.935 bits per heavy atom. The van der Waals surface area contributed by atoms with E-state index in [1.165, 1.54) is 6.92 Å². The Kier molecular flexibility index (Phi) is 6.21. The summed E-state index contributed by atoms with van der Waals surface area (Å²) >= 11 is 0. The number of rotatable bonds is 6. The Bertz CT molecular complexity index is 1050. The molecule has 4 rings (SSSR count). The molecule has 2 heterocycles. The van der Waals surface area contributed by atoms with E-state index in [-0.39, 0.29) is 5.69 Å². The lowest BCUT2D eigenvalue weighted by Crippen LogP contribution is -2.30. The summed E-state index contributed by atoms with van der Waals surface area (Å²) in [5, 5.41) is 10.9. The highest BCUT2D eigenvalue weighted by atomic mass is 16.5. The van der Waals surface area contributed by atoms with Crippen LogP contribution in [0, 0.1) is 0 Å². The molecule has 7 nitrogen and oxygen atoms in total. The number of hydrogen-bond donors (Lipinski definition) is 1. The summed E-state index contributed by atoms with van der Waals surface area (Å²) in [6.07, 6.45) is 1.27. The average molecular weight is 416 g/mol. The molecule has 1 unspecified atom stereocenters. The van der Waals surface area contributed by atoms with Gasteiger partial charge in [-0.1, -0.05) is 48.5 Å². The molecule has 0 aliphatic carbocycles. The van der Waals surface area contributed by atoms with Crippen molar-refractivity contribution in [1.82, 2.24) is 10.2 Å². The number of benzene rings is 2. The number of nitrogens with zero attached hydrogens (tertiary/aromatic N) is 3. The third-order valence-corrected chi connectivity index (χ3v) is 5.21. The third kappa shape index (κ3) is 4.88. The van der Waals surface area contributed by atoms with Crippen molar-refractivity contribution < 1.29 is 14.3 Å². The SMILES string of the molecule is CC(OC(=O)c1ccc(N2CCCC2)nn1)C(=O)Nc1ccccc1-c1ccccc1. The number of anilines is 2. The maximum Gasteiger partial charge on any atom is 0.359 e. The molecule has 1 aliphatic rings. The quantitative estimate of drug-likeness (QED) is 0.613. The van der Waals surface area contributed by atoms with Gasteiger partial charge in [0.15, 0.2) is 17.6 Å². The van der Waals surface area contributed by atoms with Crippen molar-refractivity contribution in [2.75, 3.05) is 23.3 Å². The van der Waals surface area contributed by atoms with Gasteiger partial charge in [-0.05, 0) is 43.5 Å². The summed E-state index contributed by atoms with van der Waals surface area (Å²) in [6.45, 7) is 3.42. The van der Waals surface area contributed by atoms with Crippen LogP contribution < -0.4 is 10.2 Å². The molecule has 1 saturated heterocycles. The van der Waals surface area contributed by atoms with Gasteiger partial charge in [-0.2, -0.15) is 0 Å². The number of nitrogens with one attached hydrogen (secondary N) is 1. The van der Waals surface area contributed by atoms with E-state index in [2.05, 4.69) is 20.4 Å².